The van der Waals surface area contributed by atoms with Gasteiger partial charge in [0.15, 0.2) is 0 Å². The first-order chi connectivity index (χ1) is 11.7. The van der Waals surface area contributed by atoms with Gasteiger partial charge in [-0.3, -0.25) is 4.79 Å². The summed E-state index contributed by atoms with van der Waals surface area (Å²) in [5.41, 5.74) is 9.35. The van der Waals surface area contributed by atoms with Gasteiger partial charge in [-0.15, -0.1) is 0 Å². The molecule has 0 aliphatic carbocycles. The van der Waals surface area contributed by atoms with Crippen LogP contribution in [0.25, 0.3) is 0 Å². The van der Waals surface area contributed by atoms with Crippen molar-refractivity contribution in [3.8, 4) is 5.75 Å². The number of hydrogen-bond donors (Lipinski definition) is 2. The summed E-state index contributed by atoms with van der Waals surface area (Å²) in [6.07, 6.45) is 3.50. The quantitative estimate of drug-likeness (QED) is 0.652. The molecule has 0 bridgehead atoms. The Morgan fingerprint density at radius 3 is 2.50 bits per heavy atom. The second-order valence-electron chi connectivity index (χ2n) is 5.86. The van der Waals surface area contributed by atoms with Crippen LogP contribution in [-0.4, -0.2) is 17.7 Å². The van der Waals surface area contributed by atoms with Crippen molar-refractivity contribution in [3.63, 3.8) is 0 Å². The average Bonchev–Trinajstić information content (AvgIpc) is 2.59. The summed E-state index contributed by atoms with van der Waals surface area (Å²) in [6.45, 7) is 1.03. The van der Waals surface area contributed by atoms with Gasteiger partial charge < -0.3 is 15.6 Å². The number of nitrogens with two attached hydrogens (primary N) is 1. The zero-order valence-electron chi connectivity index (χ0n) is 13.9. The van der Waals surface area contributed by atoms with E-state index in [0.29, 0.717) is 19.6 Å². The highest BCUT2D eigenvalue weighted by atomic mass is 16.5. The fraction of sp³-hybridized carbons (Fsp3) is 0.350. The van der Waals surface area contributed by atoms with Crippen molar-refractivity contribution in [3.05, 3.63) is 65.2 Å². The third-order valence-corrected chi connectivity index (χ3v) is 3.89. The Bertz CT molecular complexity index is 641. The molecule has 0 heterocycles. The molecule has 4 nitrogen and oxygen atoms in total. The number of hydrogen-bond acceptors (Lipinski definition) is 3. The van der Waals surface area contributed by atoms with Crippen molar-refractivity contribution >= 4 is 5.97 Å². The van der Waals surface area contributed by atoms with Crippen LogP contribution in [0.2, 0.25) is 0 Å². The molecule has 24 heavy (non-hydrogen) atoms. The lowest BCUT2D eigenvalue weighted by molar-refractivity contribution is -0.137. The van der Waals surface area contributed by atoms with Gasteiger partial charge in [-0.05, 0) is 42.9 Å². The Labute approximate surface area is 143 Å². The standard InChI is InChI=1S/C20H25NO3/c21-15-18-14-17(13-16-7-3-1-4-8-16)10-11-19(18)24-12-6-2-5-9-20(22)23/h1,3-4,7-8,10-11,14H,2,5-6,9,12-13,15,21H2,(H,22,23). The Morgan fingerprint density at radius 2 is 1.79 bits per heavy atom. The van der Waals surface area contributed by atoms with Gasteiger partial charge in [0.25, 0.3) is 0 Å². The maximum absolute atomic E-state index is 10.5. The molecule has 128 valence electrons. The minimum atomic E-state index is -0.740. The lowest BCUT2D eigenvalue weighted by Crippen LogP contribution is -2.05. The van der Waals surface area contributed by atoms with Crippen LogP contribution in [-0.2, 0) is 17.8 Å². The smallest absolute Gasteiger partial charge is 0.303 e. The summed E-state index contributed by atoms with van der Waals surface area (Å²) in [5, 5.41) is 8.60. The van der Waals surface area contributed by atoms with E-state index in [1.807, 2.05) is 24.3 Å². The minimum Gasteiger partial charge on any atom is -0.493 e. The number of carboxylic acid groups (broad SMARTS) is 1. The number of ether oxygens (including phenoxy) is 1. The summed E-state index contributed by atoms with van der Waals surface area (Å²) in [6, 6.07) is 16.5. The molecule has 0 atom stereocenters. The molecule has 4 heteroatoms. The van der Waals surface area contributed by atoms with E-state index in [9.17, 15) is 4.79 Å². The van der Waals surface area contributed by atoms with Crippen LogP contribution in [0, 0.1) is 0 Å². The zero-order valence-corrected chi connectivity index (χ0v) is 13.9. The average molecular weight is 327 g/mol. The van der Waals surface area contributed by atoms with Crippen LogP contribution in [0.1, 0.15) is 42.4 Å². The predicted molar refractivity (Wildman–Crippen MR) is 95.2 cm³/mol. The number of carboxylic acids is 1. The highest BCUT2D eigenvalue weighted by Gasteiger charge is 2.05. The van der Waals surface area contributed by atoms with Crippen LogP contribution in [0.5, 0.6) is 5.75 Å². The SMILES string of the molecule is NCc1cc(Cc2ccccc2)ccc1OCCCCCC(=O)O. The van der Waals surface area contributed by atoms with E-state index in [0.717, 1.165) is 30.6 Å². The van der Waals surface area contributed by atoms with Crippen LogP contribution in [0.15, 0.2) is 48.5 Å². The van der Waals surface area contributed by atoms with E-state index < -0.39 is 5.97 Å². The lowest BCUT2D eigenvalue weighted by Gasteiger charge is -2.12. The van der Waals surface area contributed by atoms with Crippen molar-refractivity contribution in [1.29, 1.82) is 0 Å². The Kier molecular flexibility index (Phi) is 7.30. The highest BCUT2D eigenvalue weighted by molar-refractivity contribution is 5.66. The van der Waals surface area contributed by atoms with E-state index in [2.05, 4.69) is 24.3 Å². The number of aliphatic carboxylic acids is 1. The summed E-state index contributed by atoms with van der Waals surface area (Å²) < 4.78 is 5.81. The Balaban J connectivity index is 1.86. The fourth-order valence-corrected chi connectivity index (χ4v) is 2.61. The molecule has 0 radical (unpaired) electrons. The lowest BCUT2D eigenvalue weighted by atomic mass is 10.0. The second kappa shape index (κ2) is 9.73. The van der Waals surface area contributed by atoms with Crippen molar-refractivity contribution in [2.24, 2.45) is 5.73 Å². The van der Waals surface area contributed by atoms with Gasteiger partial charge in [-0.25, -0.2) is 0 Å². The molecular weight excluding hydrogens is 302 g/mol. The van der Waals surface area contributed by atoms with Gasteiger partial charge in [-0.2, -0.15) is 0 Å². The third-order valence-electron chi connectivity index (χ3n) is 3.89. The van der Waals surface area contributed by atoms with Crippen molar-refractivity contribution in [2.45, 2.75) is 38.6 Å². The molecule has 2 aromatic rings. The summed E-state index contributed by atoms with van der Waals surface area (Å²) in [7, 11) is 0. The first-order valence-corrected chi connectivity index (χ1v) is 8.39. The number of rotatable bonds is 10. The normalized spacial score (nSPS) is 10.5. The van der Waals surface area contributed by atoms with Crippen molar-refractivity contribution in [1.82, 2.24) is 0 Å². The molecule has 0 aromatic heterocycles. The Morgan fingerprint density at radius 1 is 1.00 bits per heavy atom. The zero-order chi connectivity index (χ0) is 17.2. The molecule has 2 rings (SSSR count). The maximum atomic E-state index is 10.5. The number of benzene rings is 2. The number of unbranched alkanes of at least 4 members (excludes halogenated alkanes) is 2. The van der Waals surface area contributed by atoms with E-state index in [1.54, 1.807) is 0 Å². The summed E-state index contributed by atoms with van der Waals surface area (Å²) in [5.74, 6) is 0.0860. The molecule has 0 aliphatic rings. The minimum absolute atomic E-state index is 0.224. The van der Waals surface area contributed by atoms with E-state index in [1.165, 1.54) is 11.1 Å². The maximum Gasteiger partial charge on any atom is 0.303 e. The molecule has 0 fully saturated rings. The molecule has 0 unspecified atom stereocenters. The van der Waals surface area contributed by atoms with E-state index in [4.69, 9.17) is 15.6 Å². The topological polar surface area (TPSA) is 72.5 Å². The van der Waals surface area contributed by atoms with Gasteiger partial charge >= 0.3 is 5.97 Å². The van der Waals surface area contributed by atoms with Crippen molar-refractivity contribution < 1.29 is 14.6 Å². The molecule has 0 saturated heterocycles. The molecule has 0 saturated carbocycles. The second-order valence-corrected chi connectivity index (χ2v) is 5.86. The molecule has 0 spiro atoms. The van der Waals surface area contributed by atoms with Gasteiger partial charge in [-0.1, -0.05) is 42.5 Å². The third kappa shape index (κ3) is 6.05. The monoisotopic (exact) mass is 327 g/mol. The van der Waals surface area contributed by atoms with Crippen molar-refractivity contribution in [2.75, 3.05) is 6.61 Å². The van der Waals surface area contributed by atoms with Crippen LogP contribution in [0.3, 0.4) is 0 Å². The molecule has 0 amide bonds. The summed E-state index contributed by atoms with van der Waals surface area (Å²) in [4.78, 5) is 10.5. The first-order valence-electron chi connectivity index (χ1n) is 8.39. The fourth-order valence-electron chi connectivity index (χ4n) is 2.61. The molecule has 3 N–H and O–H groups in total. The van der Waals surface area contributed by atoms with Gasteiger partial charge in [0, 0.05) is 18.5 Å². The van der Waals surface area contributed by atoms with E-state index >= 15 is 0 Å². The molecule has 2 aromatic carbocycles. The number of carbonyl (C=O) groups is 1. The van der Waals surface area contributed by atoms with Gasteiger partial charge in [0.05, 0.1) is 6.61 Å². The largest absolute Gasteiger partial charge is 0.493 e. The predicted octanol–water partition coefficient (Wildman–Crippen LogP) is 3.76. The first kappa shape index (κ1) is 18.0. The molecular formula is C20H25NO3. The Hall–Kier alpha value is -2.33. The van der Waals surface area contributed by atoms with Crippen LogP contribution < -0.4 is 10.5 Å². The van der Waals surface area contributed by atoms with Gasteiger partial charge in [0.2, 0.25) is 0 Å². The van der Waals surface area contributed by atoms with Crippen LogP contribution >= 0.6 is 0 Å². The summed E-state index contributed by atoms with van der Waals surface area (Å²) >= 11 is 0. The highest BCUT2D eigenvalue weighted by Crippen LogP contribution is 2.22. The van der Waals surface area contributed by atoms with E-state index in [-0.39, 0.29) is 6.42 Å². The molecule has 0 aliphatic heterocycles. The van der Waals surface area contributed by atoms with Crippen LogP contribution in [0.4, 0.5) is 0 Å². The van der Waals surface area contributed by atoms with Gasteiger partial charge in [0.1, 0.15) is 5.75 Å².